The van der Waals surface area contributed by atoms with E-state index in [4.69, 9.17) is 10.5 Å². The fourth-order valence-corrected chi connectivity index (χ4v) is 1.71. The number of halogens is 1. The maximum atomic E-state index is 9.60. The first kappa shape index (κ1) is 17.1. The fraction of sp³-hybridized carbons (Fsp3) is 0.571. The third-order valence-corrected chi connectivity index (χ3v) is 2.77. The van der Waals surface area contributed by atoms with E-state index in [9.17, 15) is 5.11 Å². The average molecular weight is 274 g/mol. The van der Waals surface area contributed by atoms with Crippen molar-refractivity contribution in [2.45, 2.75) is 39.7 Å². The Morgan fingerprint density at radius 1 is 1.28 bits per heavy atom. The van der Waals surface area contributed by atoms with Crippen molar-refractivity contribution >= 4 is 12.4 Å². The van der Waals surface area contributed by atoms with Gasteiger partial charge in [0.1, 0.15) is 0 Å². The maximum absolute atomic E-state index is 9.60. The van der Waals surface area contributed by atoms with Crippen LogP contribution in [0.25, 0.3) is 0 Å². The van der Waals surface area contributed by atoms with Crippen molar-refractivity contribution in [3.05, 3.63) is 23.8 Å². The van der Waals surface area contributed by atoms with E-state index in [2.05, 4.69) is 13.8 Å². The van der Waals surface area contributed by atoms with Gasteiger partial charge in [-0.05, 0) is 43.4 Å². The molecule has 0 amide bonds. The smallest absolute Gasteiger partial charge is 0.161 e. The number of ether oxygens (including phenoxy) is 1. The summed E-state index contributed by atoms with van der Waals surface area (Å²) in [6, 6.07) is 5.36. The van der Waals surface area contributed by atoms with Crippen molar-refractivity contribution in [3.8, 4) is 11.5 Å². The van der Waals surface area contributed by atoms with Crippen LogP contribution in [-0.4, -0.2) is 11.7 Å². The van der Waals surface area contributed by atoms with Crippen LogP contribution in [0.5, 0.6) is 11.5 Å². The quantitative estimate of drug-likeness (QED) is 0.832. The van der Waals surface area contributed by atoms with Crippen molar-refractivity contribution in [1.29, 1.82) is 0 Å². The normalized spacial score (nSPS) is 12.1. The van der Waals surface area contributed by atoms with Gasteiger partial charge in [0.25, 0.3) is 0 Å². The molecule has 0 aliphatic heterocycles. The summed E-state index contributed by atoms with van der Waals surface area (Å²) >= 11 is 0. The Morgan fingerprint density at radius 2 is 1.94 bits per heavy atom. The zero-order chi connectivity index (χ0) is 12.8. The molecule has 1 rings (SSSR count). The molecule has 0 bridgehead atoms. The minimum Gasteiger partial charge on any atom is -0.504 e. The molecule has 1 aromatic carbocycles. The van der Waals surface area contributed by atoms with Gasteiger partial charge < -0.3 is 15.6 Å². The molecule has 0 heterocycles. The monoisotopic (exact) mass is 273 g/mol. The second-order valence-electron chi connectivity index (χ2n) is 4.74. The van der Waals surface area contributed by atoms with E-state index in [1.54, 1.807) is 6.07 Å². The molecule has 4 heteroatoms. The third kappa shape index (κ3) is 5.15. The Balaban J connectivity index is 0.00000289. The molecule has 1 atom stereocenters. The van der Waals surface area contributed by atoms with E-state index < -0.39 is 0 Å². The molecule has 3 nitrogen and oxygen atoms in total. The van der Waals surface area contributed by atoms with E-state index >= 15 is 0 Å². The lowest BCUT2D eigenvalue weighted by Gasteiger charge is -2.15. The maximum Gasteiger partial charge on any atom is 0.161 e. The standard InChI is InChI=1S/C14H23NO2.ClH/c1-4-17-14-9-11(6-8-13(14)16)12(15)7-5-10(2)3;/h6,8-10,12,16H,4-5,7,15H2,1-3H3;1H/t12-;/m0./s1. The highest BCUT2D eigenvalue weighted by molar-refractivity contribution is 5.85. The number of phenolic OH excluding ortho intramolecular Hbond substituents is 1. The van der Waals surface area contributed by atoms with Crippen molar-refractivity contribution < 1.29 is 9.84 Å². The summed E-state index contributed by atoms with van der Waals surface area (Å²) in [4.78, 5) is 0. The molecular weight excluding hydrogens is 250 g/mol. The predicted octanol–water partition coefficient (Wildman–Crippen LogP) is 3.65. The molecule has 0 aromatic heterocycles. The van der Waals surface area contributed by atoms with Gasteiger partial charge in [0.15, 0.2) is 11.5 Å². The highest BCUT2D eigenvalue weighted by Gasteiger charge is 2.10. The van der Waals surface area contributed by atoms with Gasteiger partial charge in [0.2, 0.25) is 0 Å². The van der Waals surface area contributed by atoms with E-state index in [0.717, 1.165) is 18.4 Å². The van der Waals surface area contributed by atoms with Crippen LogP contribution in [0.15, 0.2) is 18.2 Å². The lowest BCUT2D eigenvalue weighted by Crippen LogP contribution is -2.11. The molecule has 0 fully saturated rings. The Hall–Kier alpha value is -0.930. The molecule has 0 spiro atoms. The summed E-state index contributed by atoms with van der Waals surface area (Å²) in [5.74, 6) is 1.35. The number of nitrogens with two attached hydrogens (primary N) is 1. The Morgan fingerprint density at radius 3 is 2.50 bits per heavy atom. The highest BCUT2D eigenvalue weighted by atomic mass is 35.5. The second-order valence-corrected chi connectivity index (χ2v) is 4.74. The van der Waals surface area contributed by atoms with Crippen LogP contribution < -0.4 is 10.5 Å². The van der Waals surface area contributed by atoms with E-state index in [-0.39, 0.29) is 24.2 Å². The number of hydrogen-bond donors (Lipinski definition) is 2. The fourth-order valence-electron chi connectivity index (χ4n) is 1.71. The van der Waals surface area contributed by atoms with Crippen LogP contribution in [0.3, 0.4) is 0 Å². The Kier molecular flexibility index (Phi) is 7.80. The van der Waals surface area contributed by atoms with Crippen LogP contribution >= 0.6 is 12.4 Å². The molecule has 18 heavy (non-hydrogen) atoms. The molecule has 0 radical (unpaired) electrons. The minimum absolute atomic E-state index is 0. The lowest BCUT2D eigenvalue weighted by atomic mass is 9.98. The van der Waals surface area contributed by atoms with Gasteiger partial charge in [-0.2, -0.15) is 0 Å². The van der Waals surface area contributed by atoms with Gasteiger partial charge >= 0.3 is 0 Å². The van der Waals surface area contributed by atoms with Crippen LogP contribution in [0.2, 0.25) is 0 Å². The van der Waals surface area contributed by atoms with Crippen LogP contribution in [0.4, 0.5) is 0 Å². The predicted molar refractivity (Wildman–Crippen MR) is 77.5 cm³/mol. The zero-order valence-electron chi connectivity index (χ0n) is 11.3. The first-order valence-electron chi connectivity index (χ1n) is 6.25. The summed E-state index contributed by atoms with van der Waals surface area (Å²) in [6.07, 6.45) is 2.06. The Labute approximate surface area is 116 Å². The number of rotatable bonds is 6. The van der Waals surface area contributed by atoms with Crippen molar-refractivity contribution in [1.82, 2.24) is 0 Å². The SMILES string of the molecule is CCOc1cc([C@@H](N)CCC(C)C)ccc1O.Cl. The molecule has 104 valence electrons. The summed E-state index contributed by atoms with van der Waals surface area (Å²) in [5, 5.41) is 9.60. The molecule has 0 unspecified atom stereocenters. The molecular formula is C14H24ClNO2. The summed E-state index contributed by atoms with van der Waals surface area (Å²) in [6.45, 7) is 6.81. The van der Waals surface area contributed by atoms with Gasteiger partial charge in [-0.3, -0.25) is 0 Å². The van der Waals surface area contributed by atoms with E-state index in [1.165, 1.54) is 0 Å². The van der Waals surface area contributed by atoms with Crippen molar-refractivity contribution in [2.24, 2.45) is 11.7 Å². The van der Waals surface area contributed by atoms with Gasteiger partial charge in [0.05, 0.1) is 6.61 Å². The van der Waals surface area contributed by atoms with Crippen molar-refractivity contribution in [3.63, 3.8) is 0 Å². The number of phenols is 1. The highest BCUT2D eigenvalue weighted by Crippen LogP contribution is 2.30. The first-order chi connectivity index (χ1) is 8.04. The zero-order valence-corrected chi connectivity index (χ0v) is 12.2. The van der Waals surface area contributed by atoms with Gasteiger partial charge in [-0.25, -0.2) is 0 Å². The molecule has 0 saturated heterocycles. The first-order valence-corrected chi connectivity index (χ1v) is 6.25. The molecule has 1 aromatic rings. The van der Waals surface area contributed by atoms with E-state index in [1.807, 2.05) is 19.1 Å². The van der Waals surface area contributed by atoms with Gasteiger partial charge in [0, 0.05) is 6.04 Å². The molecule has 0 saturated carbocycles. The number of hydrogen-bond acceptors (Lipinski definition) is 3. The van der Waals surface area contributed by atoms with Crippen molar-refractivity contribution in [2.75, 3.05) is 6.61 Å². The number of benzene rings is 1. The largest absolute Gasteiger partial charge is 0.504 e. The van der Waals surface area contributed by atoms with Gasteiger partial charge in [-0.1, -0.05) is 19.9 Å². The Bertz CT molecular complexity index is 356. The van der Waals surface area contributed by atoms with Crippen LogP contribution in [0.1, 0.15) is 45.2 Å². The minimum atomic E-state index is 0. The third-order valence-electron chi connectivity index (χ3n) is 2.77. The average Bonchev–Trinajstić information content (AvgIpc) is 2.29. The molecule has 0 aliphatic carbocycles. The number of aromatic hydroxyl groups is 1. The molecule has 3 N–H and O–H groups in total. The topological polar surface area (TPSA) is 55.5 Å². The summed E-state index contributed by atoms with van der Waals surface area (Å²) < 4.78 is 5.35. The van der Waals surface area contributed by atoms with Gasteiger partial charge in [-0.15, -0.1) is 12.4 Å². The summed E-state index contributed by atoms with van der Waals surface area (Å²) in [5.41, 5.74) is 7.14. The molecule has 0 aliphatic rings. The van der Waals surface area contributed by atoms with Crippen LogP contribution in [-0.2, 0) is 0 Å². The lowest BCUT2D eigenvalue weighted by molar-refractivity contribution is 0.317. The van der Waals surface area contributed by atoms with E-state index in [0.29, 0.717) is 18.3 Å². The second kappa shape index (κ2) is 8.22. The summed E-state index contributed by atoms with van der Waals surface area (Å²) in [7, 11) is 0. The van der Waals surface area contributed by atoms with Crippen LogP contribution in [0, 0.1) is 5.92 Å².